The molecular weight excluding hydrogens is 340 g/mol. The number of nitrogens with zero attached hydrogens (tertiary/aromatic N) is 1. The Hall–Kier alpha value is -2.28. The van der Waals surface area contributed by atoms with E-state index in [2.05, 4.69) is 0 Å². The Morgan fingerprint density at radius 3 is 2.68 bits per heavy atom. The van der Waals surface area contributed by atoms with Crippen LogP contribution in [-0.4, -0.2) is 48.6 Å². The van der Waals surface area contributed by atoms with Gasteiger partial charge in [-0.15, -0.1) is 11.8 Å². The van der Waals surface area contributed by atoms with E-state index in [-0.39, 0.29) is 18.4 Å². The molecule has 1 aliphatic rings. The monoisotopic (exact) mass is 362 g/mol. The molecule has 2 amide bonds. The van der Waals surface area contributed by atoms with Crippen molar-refractivity contribution in [1.82, 2.24) is 4.90 Å². The van der Waals surface area contributed by atoms with Crippen LogP contribution in [0.1, 0.15) is 18.4 Å². The number of ether oxygens (including phenoxy) is 1. The first kappa shape index (κ1) is 19.1. The fourth-order valence-corrected chi connectivity index (χ4v) is 3.00. The number of hydrogen-bond donors (Lipinski definition) is 1. The molecule has 6 nitrogen and oxygen atoms in total. The SMILES string of the molecule is CSc1ccc(/C=C/C(=O)OCC(=O)N2CCC[C@@H](C(N)=O)C2)cc1. The molecule has 0 saturated carbocycles. The summed E-state index contributed by atoms with van der Waals surface area (Å²) >= 11 is 1.64. The Morgan fingerprint density at radius 1 is 1.32 bits per heavy atom. The van der Waals surface area contributed by atoms with Gasteiger partial charge < -0.3 is 15.4 Å². The van der Waals surface area contributed by atoms with Gasteiger partial charge in [0, 0.05) is 24.1 Å². The van der Waals surface area contributed by atoms with Crippen molar-refractivity contribution in [3.8, 4) is 0 Å². The summed E-state index contributed by atoms with van der Waals surface area (Å²) in [6.07, 6.45) is 6.34. The molecule has 1 aliphatic heterocycles. The molecule has 1 aromatic carbocycles. The van der Waals surface area contributed by atoms with Crippen LogP contribution in [0, 0.1) is 5.92 Å². The topological polar surface area (TPSA) is 89.7 Å². The van der Waals surface area contributed by atoms with Crippen LogP contribution in [-0.2, 0) is 19.1 Å². The van der Waals surface area contributed by atoms with Crippen molar-refractivity contribution in [2.45, 2.75) is 17.7 Å². The van der Waals surface area contributed by atoms with Crippen LogP contribution in [0.15, 0.2) is 35.2 Å². The maximum atomic E-state index is 12.1. The number of benzene rings is 1. The van der Waals surface area contributed by atoms with Gasteiger partial charge in [-0.05, 0) is 42.9 Å². The number of hydrogen-bond acceptors (Lipinski definition) is 5. The van der Waals surface area contributed by atoms with Crippen LogP contribution in [0.4, 0.5) is 0 Å². The van der Waals surface area contributed by atoms with Crippen LogP contribution < -0.4 is 5.73 Å². The fraction of sp³-hybridized carbons (Fsp3) is 0.389. The number of likely N-dealkylation sites (tertiary alicyclic amines) is 1. The number of carbonyl (C=O) groups excluding carboxylic acids is 3. The predicted molar refractivity (Wildman–Crippen MR) is 96.7 cm³/mol. The third-order valence-corrected chi connectivity index (χ3v) is 4.79. The van der Waals surface area contributed by atoms with Crippen molar-refractivity contribution >= 4 is 35.6 Å². The summed E-state index contributed by atoms with van der Waals surface area (Å²) in [5.74, 6) is -1.61. The fourth-order valence-electron chi connectivity index (χ4n) is 2.59. The number of piperidine rings is 1. The molecule has 1 aromatic rings. The summed E-state index contributed by atoms with van der Waals surface area (Å²) in [6, 6.07) is 7.73. The molecule has 0 spiro atoms. The normalized spacial score (nSPS) is 17.5. The average Bonchev–Trinajstić information content (AvgIpc) is 2.64. The van der Waals surface area contributed by atoms with E-state index in [0.717, 1.165) is 16.9 Å². The first-order chi connectivity index (χ1) is 12.0. The van der Waals surface area contributed by atoms with Gasteiger partial charge in [0.2, 0.25) is 5.91 Å². The number of carbonyl (C=O) groups is 3. The molecule has 2 N–H and O–H groups in total. The van der Waals surface area contributed by atoms with Gasteiger partial charge in [0.25, 0.3) is 5.91 Å². The third-order valence-electron chi connectivity index (χ3n) is 4.04. The molecule has 134 valence electrons. The van der Waals surface area contributed by atoms with Crippen molar-refractivity contribution in [2.24, 2.45) is 11.7 Å². The highest BCUT2D eigenvalue weighted by Gasteiger charge is 2.27. The average molecular weight is 362 g/mol. The van der Waals surface area contributed by atoms with E-state index >= 15 is 0 Å². The maximum absolute atomic E-state index is 12.1. The van der Waals surface area contributed by atoms with Crippen molar-refractivity contribution in [2.75, 3.05) is 26.0 Å². The second-order valence-electron chi connectivity index (χ2n) is 5.80. The van der Waals surface area contributed by atoms with Gasteiger partial charge in [0.1, 0.15) is 0 Å². The first-order valence-corrected chi connectivity index (χ1v) is 9.28. The summed E-state index contributed by atoms with van der Waals surface area (Å²) in [4.78, 5) is 37.7. The highest BCUT2D eigenvalue weighted by Crippen LogP contribution is 2.17. The highest BCUT2D eigenvalue weighted by atomic mass is 32.2. The van der Waals surface area contributed by atoms with E-state index in [1.54, 1.807) is 17.8 Å². The second kappa shape index (κ2) is 9.27. The van der Waals surface area contributed by atoms with Crippen molar-refractivity contribution in [3.05, 3.63) is 35.9 Å². The van der Waals surface area contributed by atoms with Gasteiger partial charge in [-0.2, -0.15) is 0 Å². The quantitative estimate of drug-likeness (QED) is 0.472. The van der Waals surface area contributed by atoms with Gasteiger partial charge in [0.05, 0.1) is 5.92 Å². The minimum absolute atomic E-state index is 0.295. The molecule has 0 radical (unpaired) electrons. The molecule has 0 unspecified atom stereocenters. The molecule has 25 heavy (non-hydrogen) atoms. The number of thioether (sulfide) groups is 1. The Labute approximate surface area is 151 Å². The Morgan fingerprint density at radius 2 is 2.04 bits per heavy atom. The first-order valence-electron chi connectivity index (χ1n) is 8.05. The van der Waals surface area contributed by atoms with Gasteiger partial charge in [-0.3, -0.25) is 9.59 Å². The van der Waals surface area contributed by atoms with Crippen LogP contribution in [0.25, 0.3) is 6.08 Å². The Balaban J connectivity index is 1.79. The molecule has 1 heterocycles. The number of esters is 1. The van der Waals surface area contributed by atoms with Gasteiger partial charge in [-0.1, -0.05) is 12.1 Å². The summed E-state index contributed by atoms with van der Waals surface area (Å²) < 4.78 is 4.98. The highest BCUT2D eigenvalue weighted by molar-refractivity contribution is 7.98. The van der Waals surface area contributed by atoms with E-state index in [1.807, 2.05) is 30.5 Å². The van der Waals surface area contributed by atoms with Crippen molar-refractivity contribution in [1.29, 1.82) is 0 Å². The smallest absolute Gasteiger partial charge is 0.331 e. The lowest BCUT2D eigenvalue weighted by Gasteiger charge is -2.30. The number of nitrogens with two attached hydrogens (primary N) is 1. The molecule has 1 fully saturated rings. The minimum atomic E-state index is -0.578. The molecule has 1 atom stereocenters. The van der Waals surface area contributed by atoms with Gasteiger partial charge in [0.15, 0.2) is 6.61 Å². The molecule has 2 rings (SSSR count). The minimum Gasteiger partial charge on any atom is -0.452 e. The maximum Gasteiger partial charge on any atom is 0.331 e. The lowest BCUT2D eigenvalue weighted by atomic mass is 9.97. The zero-order valence-electron chi connectivity index (χ0n) is 14.1. The lowest BCUT2D eigenvalue weighted by molar-refractivity contribution is -0.149. The van der Waals surface area contributed by atoms with Gasteiger partial charge in [-0.25, -0.2) is 4.79 Å². The number of rotatable bonds is 6. The Kier molecular flexibility index (Phi) is 7.06. The van der Waals surface area contributed by atoms with E-state index in [9.17, 15) is 14.4 Å². The van der Waals surface area contributed by atoms with Crippen LogP contribution >= 0.6 is 11.8 Å². The summed E-state index contributed by atoms with van der Waals surface area (Å²) in [5.41, 5.74) is 6.17. The van der Waals surface area contributed by atoms with E-state index in [0.29, 0.717) is 19.5 Å². The van der Waals surface area contributed by atoms with E-state index < -0.39 is 11.9 Å². The van der Waals surface area contributed by atoms with Crippen LogP contribution in [0.3, 0.4) is 0 Å². The summed E-state index contributed by atoms with van der Waals surface area (Å²) in [6.45, 7) is 0.515. The second-order valence-corrected chi connectivity index (χ2v) is 6.68. The molecule has 0 aliphatic carbocycles. The molecule has 0 aromatic heterocycles. The zero-order chi connectivity index (χ0) is 18.2. The molecule has 0 bridgehead atoms. The van der Waals surface area contributed by atoms with Crippen molar-refractivity contribution in [3.63, 3.8) is 0 Å². The van der Waals surface area contributed by atoms with Crippen LogP contribution in [0.2, 0.25) is 0 Å². The number of primary amides is 1. The summed E-state index contributed by atoms with van der Waals surface area (Å²) in [7, 11) is 0. The number of amides is 2. The molecular formula is C18H22N2O4S. The summed E-state index contributed by atoms with van der Waals surface area (Å²) in [5, 5.41) is 0. The van der Waals surface area contributed by atoms with E-state index in [1.165, 1.54) is 11.0 Å². The van der Waals surface area contributed by atoms with E-state index in [4.69, 9.17) is 10.5 Å². The van der Waals surface area contributed by atoms with Crippen molar-refractivity contribution < 1.29 is 19.1 Å². The predicted octanol–water partition coefficient (Wildman–Crippen LogP) is 1.69. The van der Waals surface area contributed by atoms with Crippen LogP contribution in [0.5, 0.6) is 0 Å². The zero-order valence-corrected chi connectivity index (χ0v) is 15.0. The Bertz CT molecular complexity index is 658. The lowest BCUT2D eigenvalue weighted by Crippen LogP contribution is -2.45. The molecule has 7 heteroatoms. The standard InChI is InChI=1S/C18H22N2O4S/c1-25-15-7-4-13(5-8-15)6-9-17(22)24-12-16(21)20-10-2-3-14(11-20)18(19)23/h4-9,14H,2-3,10-12H2,1H3,(H2,19,23)/b9-6+/t14-/m1/s1. The van der Waals surface area contributed by atoms with Gasteiger partial charge >= 0.3 is 5.97 Å². The largest absolute Gasteiger partial charge is 0.452 e. The molecule has 1 saturated heterocycles. The third kappa shape index (κ3) is 5.94.